The number of ether oxygens (including phenoxy) is 1. The van der Waals surface area contributed by atoms with E-state index in [4.69, 9.17) is 4.74 Å². The lowest BCUT2D eigenvalue weighted by molar-refractivity contribution is 0.386. The minimum absolute atomic E-state index is 0.108. The van der Waals surface area contributed by atoms with E-state index in [1.54, 1.807) is 30.3 Å². The fourth-order valence-corrected chi connectivity index (χ4v) is 3.98. The molecule has 0 aliphatic heterocycles. The summed E-state index contributed by atoms with van der Waals surface area (Å²) < 4.78 is 47.9. The lowest BCUT2D eigenvalue weighted by Gasteiger charge is -2.14. The maximum atomic E-state index is 14.5. The largest absolute Gasteiger partial charge is 0.494 e. The summed E-state index contributed by atoms with van der Waals surface area (Å²) in [6, 6.07) is 14.2. The number of halogens is 3. The van der Waals surface area contributed by atoms with Crippen LogP contribution in [0.25, 0.3) is 16.6 Å². The molecule has 0 saturated heterocycles. The summed E-state index contributed by atoms with van der Waals surface area (Å²) in [7, 11) is 1.38. The Hall–Kier alpha value is -3.26. The highest BCUT2D eigenvalue weighted by molar-refractivity contribution is 7.98. The molecule has 0 unspecified atom stereocenters. The fourth-order valence-electron chi connectivity index (χ4n) is 3.03. The number of thioether (sulfide) groups is 1. The van der Waals surface area contributed by atoms with Crippen LogP contribution in [-0.2, 0) is 5.75 Å². The number of hydrogen-bond acceptors (Lipinski definition) is 4. The first kappa shape index (κ1) is 20.0. The molecule has 0 spiro atoms. The van der Waals surface area contributed by atoms with Gasteiger partial charge in [0.15, 0.2) is 16.7 Å². The average molecular weight is 428 g/mol. The van der Waals surface area contributed by atoms with Gasteiger partial charge in [0.1, 0.15) is 11.6 Å². The summed E-state index contributed by atoms with van der Waals surface area (Å²) in [6.45, 7) is 0. The summed E-state index contributed by atoms with van der Waals surface area (Å²) >= 11 is 1.14. The van der Waals surface area contributed by atoms with Crippen LogP contribution in [0.5, 0.6) is 5.75 Å². The maximum Gasteiger partial charge on any atom is 0.266 e. The van der Waals surface area contributed by atoms with Crippen molar-refractivity contribution in [3.63, 3.8) is 0 Å². The standard InChI is InChI=1S/C22H15F3N2O2S/c1-29-20-9-6-13(10-17(20)25)12-30-22-26-18-5-3-2-4-15(18)21(28)27(22)19-8-7-14(23)11-16(19)24/h2-11H,12H2,1H3. The zero-order chi connectivity index (χ0) is 21.3. The molecule has 0 N–H and O–H groups in total. The van der Waals surface area contributed by atoms with Crippen molar-refractivity contribution in [2.45, 2.75) is 10.9 Å². The van der Waals surface area contributed by atoms with Crippen molar-refractivity contribution in [1.29, 1.82) is 0 Å². The monoisotopic (exact) mass is 428 g/mol. The van der Waals surface area contributed by atoms with Gasteiger partial charge in [-0.1, -0.05) is 30.0 Å². The van der Waals surface area contributed by atoms with Crippen molar-refractivity contribution < 1.29 is 17.9 Å². The average Bonchev–Trinajstić information content (AvgIpc) is 2.73. The number of para-hydroxylation sites is 1. The van der Waals surface area contributed by atoms with Crippen LogP contribution in [0.3, 0.4) is 0 Å². The summed E-state index contributed by atoms with van der Waals surface area (Å²) in [4.78, 5) is 17.6. The normalized spacial score (nSPS) is 11.1. The molecule has 4 nitrogen and oxygen atoms in total. The van der Waals surface area contributed by atoms with Crippen LogP contribution in [0.1, 0.15) is 5.56 Å². The van der Waals surface area contributed by atoms with Gasteiger partial charge in [0.2, 0.25) is 0 Å². The van der Waals surface area contributed by atoms with E-state index in [-0.39, 0.29) is 22.3 Å². The van der Waals surface area contributed by atoms with Gasteiger partial charge in [0, 0.05) is 11.8 Å². The number of aromatic nitrogens is 2. The lowest BCUT2D eigenvalue weighted by Crippen LogP contribution is -2.22. The molecule has 0 atom stereocenters. The molecule has 0 fully saturated rings. The van der Waals surface area contributed by atoms with Crippen LogP contribution < -0.4 is 10.3 Å². The van der Waals surface area contributed by atoms with Crippen LogP contribution in [0.4, 0.5) is 13.2 Å². The molecule has 0 amide bonds. The zero-order valence-corrected chi connectivity index (χ0v) is 16.6. The first-order valence-corrected chi connectivity index (χ1v) is 9.89. The van der Waals surface area contributed by atoms with Gasteiger partial charge < -0.3 is 4.74 Å². The number of fused-ring (bicyclic) bond motifs is 1. The van der Waals surface area contributed by atoms with Crippen LogP contribution in [0, 0.1) is 17.5 Å². The van der Waals surface area contributed by atoms with Crippen molar-refractivity contribution in [3.8, 4) is 11.4 Å². The molecule has 0 radical (unpaired) electrons. The summed E-state index contributed by atoms with van der Waals surface area (Å²) in [5, 5.41) is 0.515. The van der Waals surface area contributed by atoms with Gasteiger partial charge in [-0.3, -0.25) is 9.36 Å². The first-order valence-electron chi connectivity index (χ1n) is 8.90. The highest BCUT2D eigenvalue weighted by Crippen LogP contribution is 2.27. The Bertz CT molecular complexity index is 1310. The molecule has 4 rings (SSSR count). The molecule has 0 aliphatic carbocycles. The van der Waals surface area contributed by atoms with E-state index in [0.29, 0.717) is 22.5 Å². The van der Waals surface area contributed by atoms with E-state index < -0.39 is 23.0 Å². The SMILES string of the molecule is COc1ccc(CSc2nc3ccccc3c(=O)n2-c2ccc(F)cc2F)cc1F. The molecule has 0 bridgehead atoms. The molecule has 1 heterocycles. The smallest absolute Gasteiger partial charge is 0.266 e. The Labute approximate surface area is 174 Å². The number of methoxy groups -OCH3 is 1. The summed E-state index contributed by atoms with van der Waals surface area (Å²) in [5.74, 6) is -1.75. The van der Waals surface area contributed by atoms with Crippen LogP contribution in [0.2, 0.25) is 0 Å². The maximum absolute atomic E-state index is 14.5. The molecule has 152 valence electrons. The second kappa shape index (κ2) is 8.23. The Balaban J connectivity index is 1.81. The van der Waals surface area contributed by atoms with E-state index in [1.807, 2.05) is 0 Å². The topological polar surface area (TPSA) is 44.1 Å². The molecule has 8 heteroatoms. The Morgan fingerprint density at radius 2 is 1.80 bits per heavy atom. The summed E-state index contributed by atoms with van der Waals surface area (Å²) in [6.07, 6.45) is 0. The van der Waals surface area contributed by atoms with E-state index >= 15 is 0 Å². The molecule has 4 aromatic rings. The van der Waals surface area contributed by atoms with Crippen molar-refractivity contribution in [3.05, 3.63) is 94.0 Å². The van der Waals surface area contributed by atoms with Gasteiger partial charge in [0.05, 0.1) is 23.7 Å². The van der Waals surface area contributed by atoms with Crippen molar-refractivity contribution >= 4 is 22.7 Å². The zero-order valence-electron chi connectivity index (χ0n) is 15.7. The quantitative estimate of drug-likeness (QED) is 0.328. The molecular weight excluding hydrogens is 413 g/mol. The third kappa shape index (κ3) is 3.78. The van der Waals surface area contributed by atoms with Crippen molar-refractivity contribution in [2.75, 3.05) is 7.11 Å². The van der Waals surface area contributed by atoms with E-state index in [1.165, 1.54) is 25.3 Å². The predicted octanol–water partition coefficient (Wildman–Crippen LogP) is 5.10. The molecule has 0 saturated carbocycles. The molecule has 30 heavy (non-hydrogen) atoms. The van der Waals surface area contributed by atoms with E-state index in [0.717, 1.165) is 22.4 Å². The Morgan fingerprint density at radius 1 is 1.00 bits per heavy atom. The molecular formula is C22H15F3N2O2S. The van der Waals surface area contributed by atoms with Gasteiger partial charge in [-0.25, -0.2) is 18.2 Å². The van der Waals surface area contributed by atoms with Crippen molar-refractivity contribution in [2.24, 2.45) is 0 Å². The highest BCUT2D eigenvalue weighted by atomic mass is 32.2. The van der Waals surface area contributed by atoms with Gasteiger partial charge in [0.25, 0.3) is 5.56 Å². The fraction of sp³-hybridized carbons (Fsp3) is 0.0909. The van der Waals surface area contributed by atoms with E-state index in [9.17, 15) is 18.0 Å². The van der Waals surface area contributed by atoms with Crippen LogP contribution >= 0.6 is 11.8 Å². The number of hydrogen-bond donors (Lipinski definition) is 0. The third-order valence-electron chi connectivity index (χ3n) is 4.48. The molecule has 3 aromatic carbocycles. The first-order chi connectivity index (χ1) is 14.5. The second-order valence-electron chi connectivity index (χ2n) is 6.41. The van der Waals surface area contributed by atoms with Crippen LogP contribution in [-0.4, -0.2) is 16.7 Å². The highest BCUT2D eigenvalue weighted by Gasteiger charge is 2.17. The number of benzene rings is 3. The van der Waals surface area contributed by atoms with Crippen molar-refractivity contribution in [1.82, 2.24) is 9.55 Å². The number of nitrogens with zero attached hydrogens (tertiary/aromatic N) is 2. The predicted molar refractivity (Wildman–Crippen MR) is 110 cm³/mol. The van der Waals surface area contributed by atoms with Gasteiger partial charge in [-0.05, 0) is 42.0 Å². The minimum atomic E-state index is -0.883. The third-order valence-corrected chi connectivity index (χ3v) is 5.49. The van der Waals surface area contributed by atoms with E-state index in [2.05, 4.69) is 4.98 Å². The Kier molecular flexibility index (Phi) is 5.50. The molecule has 0 aliphatic rings. The van der Waals surface area contributed by atoms with Crippen LogP contribution in [0.15, 0.2) is 70.6 Å². The summed E-state index contributed by atoms with van der Waals surface area (Å²) in [5.41, 5.74) is 0.495. The van der Waals surface area contributed by atoms with Gasteiger partial charge in [-0.15, -0.1) is 0 Å². The van der Waals surface area contributed by atoms with Gasteiger partial charge >= 0.3 is 0 Å². The lowest BCUT2D eigenvalue weighted by atomic mass is 10.2. The second-order valence-corrected chi connectivity index (χ2v) is 7.35. The number of rotatable bonds is 5. The molecule has 1 aromatic heterocycles. The van der Waals surface area contributed by atoms with Gasteiger partial charge in [-0.2, -0.15) is 0 Å². The Morgan fingerprint density at radius 3 is 2.53 bits per heavy atom. The minimum Gasteiger partial charge on any atom is -0.494 e.